The lowest BCUT2D eigenvalue weighted by Crippen LogP contribution is -2.68. The molecule has 3 N–H and O–H groups in total. The number of carboxylic acids is 1. The van der Waals surface area contributed by atoms with Crippen LogP contribution in [0.2, 0.25) is 0 Å². The van der Waals surface area contributed by atoms with Gasteiger partial charge in [-0.2, -0.15) is 0 Å². The van der Waals surface area contributed by atoms with Gasteiger partial charge >= 0.3 is 11.9 Å². The van der Waals surface area contributed by atoms with Crippen molar-refractivity contribution in [2.75, 3.05) is 0 Å². The van der Waals surface area contributed by atoms with Crippen LogP contribution in [0.5, 0.6) is 0 Å². The Morgan fingerprint density at radius 3 is 2.09 bits per heavy atom. The Morgan fingerprint density at radius 2 is 1.47 bits per heavy atom. The molecule has 0 aromatic heterocycles. The highest BCUT2D eigenvalue weighted by Crippen LogP contribution is 2.76. The molecule has 0 bridgehead atoms. The zero-order chi connectivity index (χ0) is 41.9. The number of benzene rings is 1. The lowest BCUT2D eigenvalue weighted by molar-refractivity contribution is -0.235. The van der Waals surface area contributed by atoms with Crippen molar-refractivity contribution in [2.45, 2.75) is 158 Å². The molecule has 0 heterocycles. The molecule has 5 saturated carbocycles. The highest BCUT2D eigenvalue weighted by molar-refractivity contribution is 6.03. The number of carboxylic acid groups (broad SMARTS) is 1. The van der Waals surface area contributed by atoms with Crippen LogP contribution in [0.25, 0.3) is 0 Å². The van der Waals surface area contributed by atoms with Crippen molar-refractivity contribution in [3.05, 3.63) is 47.0 Å². The maximum atomic E-state index is 14.3. The number of allylic oxidation sites excluding steroid dienone is 1. The maximum Gasteiger partial charge on any atom is 0.309 e. The zero-order valence-electron chi connectivity index (χ0n) is 36.4. The van der Waals surface area contributed by atoms with E-state index in [1.165, 1.54) is 0 Å². The zero-order valence-corrected chi connectivity index (χ0v) is 36.4. The SMILES string of the molecule is CC(C)C1=C2[C@H]3CC[C@@H]4[C@@]5(C)CC[C@H](OC(=O)[C@H]6C[C@@H](C(=O)O)C6(C)C)C(C)(C)[C@@H]5CC[C@@]4(C)[C@]3(C)CC[C@@]2(NC(=O)C(C)(C)NC(=O)c2ccccc2)CC1=O. The van der Waals surface area contributed by atoms with Crippen LogP contribution in [-0.4, -0.2) is 51.8 Å². The van der Waals surface area contributed by atoms with Gasteiger partial charge in [0, 0.05) is 17.4 Å². The largest absolute Gasteiger partial charge is 0.481 e. The Kier molecular flexibility index (Phi) is 9.88. The quantitative estimate of drug-likeness (QED) is 0.224. The van der Waals surface area contributed by atoms with Crippen LogP contribution in [0.3, 0.4) is 0 Å². The van der Waals surface area contributed by atoms with E-state index in [2.05, 4.69) is 59.1 Å². The van der Waals surface area contributed by atoms with E-state index in [0.29, 0.717) is 30.2 Å². The molecule has 9 nitrogen and oxygen atoms in total. The van der Waals surface area contributed by atoms with Crippen LogP contribution in [0.1, 0.15) is 151 Å². The number of amides is 2. The van der Waals surface area contributed by atoms with Crippen LogP contribution in [0.15, 0.2) is 41.5 Å². The van der Waals surface area contributed by atoms with E-state index in [1.54, 1.807) is 38.1 Å². The summed E-state index contributed by atoms with van der Waals surface area (Å²) in [6.07, 6.45) is 7.75. The Balaban J connectivity index is 1.14. The summed E-state index contributed by atoms with van der Waals surface area (Å²) in [5.41, 5.74) is -0.396. The molecule has 1 aromatic rings. The van der Waals surface area contributed by atoms with Gasteiger partial charge in [0.1, 0.15) is 11.6 Å². The van der Waals surface area contributed by atoms with Crippen LogP contribution >= 0.6 is 0 Å². The third-order valence-electron chi connectivity index (χ3n) is 17.9. The van der Waals surface area contributed by atoms with Crippen LogP contribution in [-0.2, 0) is 23.9 Å². The van der Waals surface area contributed by atoms with Gasteiger partial charge < -0.3 is 20.5 Å². The summed E-state index contributed by atoms with van der Waals surface area (Å²) in [7, 11) is 0. The Morgan fingerprint density at radius 1 is 0.807 bits per heavy atom. The van der Waals surface area contributed by atoms with Crippen molar-refractivity contribution in [3.63, 3.8) is 0 Å². The molecule has 6 aliphatic carbocycles. The predicted molar refractivity (Wildman–Crippen MR) is 219 cm³/mol. The fraction of sp³-hybridized carbons (Fsp3) is 0.729. The van der Waals surface area contributed by atoms with E-state index in [9.17, 15) is 29.1 Å². The minimum atomic E-state index is -1.21. The number of Topliss-reactive ketones (excluding diaryl/α,β-unsaturated/α-hetero) is 1. The van der Waals surface area contributed by atoms with E-state index in [0.717, 1.165) is 56.1 Å². The number of aliphatic carboxylic acids is 1. The summed E-state index contributed by atoms with van der Waals surface area (Å²) < 4.78 is 6.41. The molecule has 10 atom stereocenters. The first-order valence-electron chi connectivity index (χ1n) is 21.8. The highest BCUT2D eigenvalue weighted by Gasteiger charge is 2.71. The third kappa shape index (κ3) is 6.07. The van der Waals surface area contributed by atoms with E-state index in [-0.39, 0.29) is 69.6 Å². The van der Waals surface area contributed by atoms with Crippen molar-refractivity contribution in [3.8, 4) is 0 Å². The summed E-state index contributed by atoms with van der Waals surface area (Å²) in [4.78, 5) is 67.1. The summed E-state index contributed by atoms with van der Waals surface area (Å²) in [6.45, 7) is 23.6. The van der Waals surface area contributed by atoms with Gasteiger partial charge in [-0.05, 0) is 140 Å². The van der Waals surface area contributed by atoms with Crippen molar-refractivity contribution in [1.29, 1.82) is 0 Å². The number of carbonyl (C=O) groups excluding carboxylic acids is 4. The second-order valence-electron chi connectivity index (χ2n) is 22.0. The molecule has 0 unspecified atom stereocenters. The molecular weight excluding hydrogens is 717 g/mol. The van der Waals surface area contributed by atoms with Gasteiger partial charge in [-0.25, -0.2) is 0 Å². The topological polar surface area (TPSA) is 139 Å². The highest BCUT2D eigenvalue weighted by atomic mass is 16.5. The molecule has 7 rings (SSSR count). The number of rotatable bonds is 8. The molecule has 0 aliphatic heterocycles. The minimum Gasteiger partial charge on any atom is -0.481 e. The molecule has 0 spiro atoms. The number of hydrogen-bond donors (Lipinski definition) is 3. The van der Waals surface area contributed by atoms with Crippen molar-refractivity contribution in [2.24, 2.45) is 62.6 Å². The molecule has 9 heteroatoms. The van der Waals surface area contributed by atoms with Gasteiger partial charge in [0.15, 0.2) is 5.78 Å². The molecule has 2 amide bonds. The maximum absolute atomic E-state index is 14.3. The Hall–Kier alpha value is -3.49. The normalized spacial score (nSPS) is 39.1. The van der Waals surface area contributed by atoms with Gasteiger partial charge in [0.2, 0.25) is 5.91 Å². The van der Waals surface area contributed by atoms with E-state index >= 15 is 0 Å². The monoisotopic (exact) mass is 785 g/mol. The van der Waals surface area contributed by atoms with Crippen molar-refractivity contribution in [1.82, 2.24) is 10.6 Å². The first kappa shape index (κ1) is 41.7. The van der Waals surface area contributed by atoms with Gasteiger partial charge in [-0.1, -0.05) is 80.5 Å². The number of ether oxygens (including phenoxy) is 1. The molecule has 312 valence electrons. The molecule has 0 radical (unpaired) electrons. The van der Waals surface area contributed by atoms with Crippen LogP contribution in [0, 0.1) is 62.6 Å². The van der Waals surface area contributed by atoms with E-state index < -0.39 is 34.3 Å². The standard InChI is InChI=1S/C48H68N2O7/c1-27(2)36-32(51)26-48(50-41(56)44(7,8)49-38(52)28-15-13-12-14-16-28)24-23-46(10)29(37(36)48)17-18-34-45(9)21-20-35(43(5,6)33(45)19-22-47(34,46)11)57-40(55)31-25-30(39(53)54)42(31,3)4/h12-16,27,29-31,33-35H,17-26H2,1-11H3,(H,49,52)(H,50,56)(H,53,54)/t29-,30+,31-,33+,34-,35+,45+,46-,47-,48-/m1/s1. The van der Waals surface area contributed by atoms with E-state index in [4.69, 9.17) is 4.74 Å². The minimum absolute atomic E-state index is 0.0115. The predicted octanol–water partition coefficient (Wildman–Crippen LogP) is 8.70. The van der Waals surface area contributed by atoms with Crippen LogP contribution in [0.4, 0.5) is 0 Å². The third-order valence-corrected chi connectivity index (χ3v) is 17.9. The summed E-state index contributed by atoms with van der Waals surface area (Å²) in [6, 6.07) is 8.92. The van der Waals surface area contributed by atoms with Gasteiger partial charge in [-0.3, -0.25) is 24.0 Å². The van der Waals surface area contributed by atoms with Gasteiger partial charge in [0.05, 0.1) is 17.4 Å². The first-order valence-corrected chi connectivity index (χ1v) is 21.8. The van der Waals surface area contributed by atoms with E-state index in [1.807, 2.05) is 19.9 Å². The number of ketones is 1. The summed E-state index contributed by atoms with van der Waals surface area (Å²) >= 11 is 0. The second-order valence-corrected chi connectivity index (χ2v) is 22.0. The molecule has 6 aliphatic rings. The molecule has 57 heavy (non-hydrogen) atoms. The second kappa shape index (κ2) is 13.5. The average Bonchev–Trinajstić information content (AvgIpc) is 3.41. The lowest BCUT2D eigenvalue weighted by atomic mass is 9.33. The number of esters is 1. The van der Waals surface area contributed by atoms with Gasteiger partial charge in [-0.15, -0.1) is 0 Å². The number of hydrogen-bond acceptors (Lipinski definition) is 6. The lowest BCUT2D eigenvalue weighted by Gasteiger charge is -2.72. The Labute approximate surface area is 340 Å². The average molecular weight is 785 g/mol. The number of nitrogens with one attached hydrogen (secondary N) is 2. The summed E-state index contributed by atoms with van der Waals surface area (Å²) in [5, 5.41) is 16.1. The smallest absolute Gasteiger partial charge is 0.309 e. The summed E-state index contributed by atoms with van der Waals surface area (Å²) in [5.74, 6) is -1.50. The molecule has 0 saturated heterocycles. The van der Waals surface area contributed by atoms with Crippen molar-refractivity contribution >= 4 is 29.5 Å². The van der Waals surface area contributed by atoms with Crippen LogP contribution < -0.4 is 10.6 Å². The number of carbonyl (C=O) groups is 5. The molecular formula is C48H68N2O7. The van der Waals surface area contributed by atoms with Crippen molar-refractivity contribution < 1.29 is 33.8 Å². The molecule has 1 aromatic carbocycles. The first-order chi connectivity index (χ1) is 26.4. The Bertz CT molecular complexity index is 1900. The van der Waals surface area contributed by atoms with Gasteiger partial charge in [0.25, 0.3) is 5.91 Å². The fourth-order valence-corrected chi connectivity index (χ4v) is 14.3. The number of fused-ring (bicyclic) bond motifs is 7. The molecule has 5 fully saturated rings. The fourth-order valence-electron chi connectivity index (χ4n) is 14.3.